The van der Waals surface area contributed by atoms with Crippen molar-refractivity contribution in [2.75, 3.05) is 18.0 Å². The summed E-state index contributed by atoms with van der Waals surface area (Å²) in [5.41, 5.74) is -0.139. The van der Waals surface area contributed by atoms with Crippen molar-refractivity contribution in [2.45, 2.75) is 12.8 Å². The zero-order valence-corrected chi connectivity index (χ0v) is 9.46. The van der Waals surface area contributed by atoms with E-state index in [-0.39, 0.29) is 31.6 Å². The lowest BCUT2D eigenvalue weighted by molar-refractivity contribution is 0.446. The quantitative estimate of drug-likeness (QED) is 0.758. The molecule has 0 aliphatic rings. The zero-order chi connectivity index (χ0) is 13.5. The van der Waals surface area contributed by atoms with Crippen LogP contribution in [0.5, 0.6) is 0 Å². The van der Waals surface area contributed by atoms with Gasteiger partial charge in [-0.05, 0) is 12.1 Å². The van der Waals surface area contributed by atoms with E-state index >= 15 is 0 Å². The summed E-state index contributed by atoms with van der Waals surface area (Å²) in [5, 5.41) is 17.0. The summed E-state index contributed by atoms with van der Waals surface area (Å²) in [6.45, 7) is 0.306. The van der Waals surface area contributed by atoms with E-state index in [4.69, 9.17) is 10.5 Å². The molecule has 0 amide bonds. The van der Waals surface area contributed by atoms with Gasteiger partial charge in [0.05, 0.1) is 30.7 Å². The van der Waals surface area contributed by atoms with Crippen LogP contribution in [0.25, 0.3) is 0 Å². The fraction of sp³-hybridized carbons (Fsp3) is 0.333. The van der Waals surface area contributed by atoms with E-state index in [0.717, 1.165) is 12.1 Å². The standard InChI is InChI=1S/C12H10F3N3/c13-9-3-4-10(12(15)11(9)14)18(7-1-5-16)8-2-6-17/h3-4H,1-2,7-8H2. The average molecular weight is 253 g/mol. The first-order valence-electron chi connectivity index (χ1n) is 5.24. The van der Waals surface area contributed by atoms with Gasteiger partial charge in [-0.15, -0.1) is 0 Å². The molecular formula is C12H10F3N3. The smallest absolute Gasteiger partial charge is 0.196 e. The highest BCUT2D eigenvalue weighted by molar-refractivity contribution is 5.48. The number of hydrogen-bond donors (Lipinski definition) is 0. The van der Waals surface area contributed by atoms with Gasteiger partial charge in [-0.3, -0.25) is 0 Å². The van der Waals surface area contributed by atoms with E-state index in [1.165, 1.54) is 4.90 Å². The molecule has 0 bridgehead atoms. The van der Waals surface area contributed by atoms with Crippen molar-refractivity contribution >= 4 is 5.69 Å². The fourth-order valence-electron chi connectivity index (χ4n) is 1.48. The number of hydrogen-bond acceptors (Lipinski definition) is 3. The maximum absolute atomic E-state index is 13.5. The normalized spacial score (nSPS) is 9.61. The predicted molar refractivity (Wildman–Crippen MR) is 59.0 cm³/mol. The van der Waals surface area contributed by atoms with Crippen LogP contribution in [0.4, 0.5) is 18.9 Å². The van der Waals surface area contributed by atoms with Crippen LogP contribution in [-0.4, -0.2) is 13.1 Å². The number of nitrogens with zero attached hydrogens (tertiary/aromatic N) is 3. The van der Waals surface area contributed by atoms with Crippen LogP contribution in [0.2, 0.25) is 0 Å². The molecule has 0 heterocycles. The molecule has 1 rings (SSSR count). The second-order valence-electron chi connectivity index (χ2n) is 3.50. The summed E-state index contributed by atoms with van der Waals surface area (Å²) in [5.74, 6) is -4.12. The van der Waals surface area contributed by atoms with E-state index < -0.39 is 17.5 Å². The van der Waals surface area contributed by atoms with Crippen molar-refractivity contribution in [3.8, 4) is 12.1 Å². The third kappa shape index (κ3) is 3.14. The minimum absolute atomic E-state index is 0.101. The summed E-state index contributed by atoms with van der Waals surface area (Å²) >= 11 is 0. The lowest BCUT2D eigenvalue weighted by atomic mass is 10.2. The second-order valence-corrected chi connectivity index (χ2v) is 3.50. The molecule has 0 spiro atoms. The largest absolute Gasteiger partial charge is 0.367 e. The monoisotopic (exact) mass is 253 g/mol. The lowest BCUT2D eigenvalue weighted by Gasteiger charge is -2.23. The fourth-order valence-corrected chi connectivity index (χ4v) is 1.48. The maximum atomic E-state index is 13.5. The first kappa shape index (κ1) is 13.9. The topological polar surface area (TPSA) is 50.8 Å². The van der Waals surface area contributed by atoms with Crippen LogP contribution in [0.3, 0.4) is 0 Å². The van der Waals surface area contributed by atoms with Crippen LogP contribution < -0.4 is 4.90 Å². The Balaban J connectivity index is 3.01. The van der Waals surface area contributed by atoms with Gasteiger partial charge in [0, 0.05) is 13.1 Å². The average Bonchev–Trinajstić information content (AvgIpc) is 2.37. The Morgan fingerprint density at radius 3 is 2.00 bits per heavy atom. The van der Waals surface area contributed by atoms with E-state index in [1.54, 1.807) is 0 Å². The number of nitriles is 2. The van der Waals surface area contributed by atoms with Gasteiger partial charge in [0.15, 0.2) is 17.5 Å². The van der Waals surface area contributed by atoms with Gasteiger partial charge in [-0.25, -0.2) is 13.2 Å². The van der Waals surface area contributed by atoms with Gasteiger partial charge in [0.25, 0.3) is 0 Å². The Hall–Kier alpha value is -2.21. The highest BCUT2D eigenvalue weighted by Gasteiger charge is 2.17. The Kier molecular flexibility index (Phi) is 5.01. The van der Waals surface area contributed by atoms with Crippen molar-refractivity contribution in [1.82, 2.24) is 0 Å². The molecule has 6 heteroatoms. The SMILES string of the molecule is N#CCCN(CCC#N)c1ccc(F)c(F)c1F. The van der Waals surface area contributed by atoms with Gasteiger partial charge in [-0.1, -0.05) is 0 Å². The van der Waals surface area contributed by atoms with Crippen molar-refractivity contribution in [3.63, 3.8) is 0 Å². The minimum atomic E-state index is -1.55. The summed E-state index contributed by atoms with van der Waals surface area (Å²) in [7, 11) is 0. The van der Waals surface area contributed by atoms with E-state index in [2.05, 4.69) is 0 Å². The summed E-state index contributed by atoms with van der Waals surface area (Å²) < 4.78 is 39.4. The molecule has 0 fully saturated rings. The van der Waals surface area contributed by atoms with Crippen molar-refractivity contribution in [1.29, 1.82) is 10.5 Å². The third-order valence-corrected chi connectivity index (χ3v) is 2.34. The molecule has 94 valence electrons. The molecule has 3 nitrogen and oxygen atoms in total. The molecule has 0 radical (unpaired) electrons. The highest BCUT2D eigenvalue weighted by atomic mass is 19.2. The molecule has 0 aliphatic heterocycles. The maximum Gasteiger partial charge on any atom is 0.196 e. The molecule has 18 heavy (non-hydrogen) atoms. The molecule has 0 atom stereocenters. The lowest BCUT2D eigenvalue weighted by Crippen LogP contribution is -2.26. The van der Waals surface area contributed by atoms with Gasteiger partial charge < -0.3 is 4.90 Å². The van der Waals surface area contributed by atoms with Crippen LogP contribution in [-0.2, 0) is 0 Å². The van der Waals surface area contributed by atoms with Crippen molar-refractivity contribution in [3.05, 3.63) is 29.6 Å². The summed E-state index contributed by atoms with van der Waals surface area (Å²) in [4.78, 5) is 1.35. The zero-order valence-electron chi connectivity index (χ0n) is 9.46. The van der Waals surface area contributed by atoms with Crippen LogP contribution in [0.15, 0.2) is 12.1 Å². The molecule has 0 unspecified atom stereocenters. The number of benzene rings is 1. The molecular weight excluding hydrogens is 243 g/mol. The molecule has 0 saturated carbocycles. The second kappa shape index (κ2) is 6.51. The third-order valence-electron chi connectivity index (χ3n) is 2.34. The van der Waals surface area contributed by atoms with E-state index in [0.29, 0.717) is 0 Å². The van der Waals surface area contributed by atoms with Gasteiger partial charge >= 0.3 is 0 Å². The van der Waals surface area contributed by atoms with Crippen LogP contribution >= 0.6 is 0 Å². The minimum Gasteiger partial charge on any atom is -0.367 e. The van der Waals surface area contributed by atoms with Gasteiger partial charge in [-0.2, -0.15) is 10.5 Å². The highest BCUT2D eigenvalue weighted by Crippen LogP contribution is 2.23. The number of anilines is 1. The molecule has 1 aromatic rings. The molecule has 0 aliphatic carbocycles. The first-order chi connectivity index (χ1) is 8.61. The van der Waals surface area contributed by atoms with Crippen molar-refractivity contribution < 1.29 is 13.2 Å². The number of halogens is 3. The van der Waals surface area contributed by atoms with Crippen LogP contribution in [0.1, 0.15) is 12.8 Å². The van der Waals surface area contributed by atoms with Gasteiger partial charge in [0.1, 0.15) is 0 Å². The number of rotatable bonds is 5. The first-order valence-corrected chi connectivity index (χ1v) is 5.24. The Morgan fingerprint density at radius 2 is 1.50 bits per heavy atom. The van der Waals surface area contributed by atoms with E-state index in [1.807, 2.05) is 12.1 Å². The predicted octanol–water partition coefficient (Wildman–Crippen LogP) is 2.74. The summed E-state index contributed by atoms with van der Waals surface area (Å²) in [6, 6.07) is 5.67. The molecule has 0 saturated heterocycles. The summed E-state index contributed by atoms with van der Waals surface area (Å²) in [6.07, 6.45) is 0.202. The Labute approximate surface area is 103 Å². The van der Waals surface area contributed by atoms with Gasteiger partial charge in [0.2, 0.25) is 0 Å². The molecule has 1 aromatic carbocycles. The molecule has 0 N–H and O–H groups in total. The van der Waals surface area contributed by atoms with E-state index in [9.17, 15) is 13.2 Å². The Bertz CT molecular complexity index is 485. The molecule has 0 aromatic heterocycles. The van der Waals surface area contributed by atoms with Crippen LogP contribution in [0, 0.1) is 40.1 Å². The Morgan fingerprint density at radius 1 is 0.944 bits per heavy atom. The van der Waals surface area contributed by atoms with Crippen molar-refractivity contribution in [2.24, 2.45) is 0 Å².